The topological polar surface area (TPSA) is 34.1 Å². The highest BCUT2D eigenvalue weighted by molar-refractivity contribution is 7.91. The predicted octanol–water partition coefficient (Wildman–Crippen LogP) is 2.31. The van der Waals surface area contributed by atoms with E-state index >= 15 is 0 Å². The summed E-state index contributed by atoms with van der Waals surface area (Å²) in [7, 11) is -2.75. The molecule has 0 unspecified atom stereocenters. The van der Waals surface area contributed by atoms with Crippen molar-refractivity contribution in [1.29, 1.82) is 0 Å². The molecule has 1 rings (SSSR count). The number of hydrogen-bond donors (Lipinski definition) is 0. The van der Waals surface area contributed by atoms with Crippen LogP contribution in [-0.4, -0.2) is 19.9 Å². The quantitative estimate of drug-likeness (QED) is 0.644. The Kier molecular flexibility index (Phi) is 3.54. The van der Waals surface area contributed by atoms with Crippen LogP contribution < -0.4 is 0 Å². The van der Waals surface area contributed by atoms with Crippen LogP contribution >= 0.6 is 0 Å². The van der Waals surface area contributed by atoms with Crippen molar-refractivity contribution < 1.29 is 8.42 Å². The third-order valence-electron chi connectivity index (χ3n) is 2.78. The predicted molar refractivity (Wildman–Crippen MR) is 55.5 cm³/mol. The Labute approximate surface area is 81.0 Å². The monoisotopic (exact) mass is 202 g/mol. The van der Waals surface area contributed by atoms with Crippen molar-refractivity contribution in [2.24, 2.45) is 0 Å². The van der Waals surface area contributed by atoms with E-state index in [-0.39, 0.29) is 0 Å². The Balaban J connectivity index is 2.84. The second-order valence-corrected chi connectivity index (χ2v) is 5.87. The Bertz CT molecular complexity index is 275. The molecule has 3 heteroatoms. The van der Waals surface area contributed by atoms with Gasteiger partial charge in [-0.3, -0.25) is 0 Å². The van der Waals surface area contributed by atoms with Crippen molar-refractivity contribution >= 4 is 9.84 Å². The van der Waals surface area contributed by atoms with Gasteiger partial charge in [0, 0.05) is 0 Å². The second kappa shape index (κ2) is 4.27. The molecule has 0 aromatic heterocycles. The molecule has 0 radical (unpaired) electrons. The fourth-order valence-corrected chi connectivity index (χ4v) is 3.19. The van der Waals surface area contributed by atoms with Gasteiger partial charge in [0.2, 0.25) is 0 Å². The Morgan fingerprint density at radius 3 is 1.69 bits per heavy atom. The summed E-state index contributed by atoms with van der Waals surface area (Å²) >= 11 is 0. The molecule has 0 spiro atoms. The molecule has 0 amide bonds. The lowest BCUT2D eigenvalue weighted by Crippen LogP contribution is -2.08. The van der Waals surface area contributed by atoms with Gasteiger partial charge in [-0.2, -0.15) is 0 Å². The molecule has 0 fully saturated rings. The summed E-state index contributed by atoms with van der Waals surface area (Å²) < 4.78 is 22.7. The van der Waals surface area contributed by atoms with E-state index in [4.69, 9.17) is 0 Å². The number of hydrogen-bond acceptors (Lipinski definition) is 2. The van der Waals surface area contributed by atoms with Gasteiger partial charge in [-0.1, -0.05) is 25.0 Å². The van der Waals surface area contributed by atoms with E-state index < -0.39 is 9.84 Å². The van der Waals surface area contributed by atoms with Gasteiger partial charge in [0.1, 0.15) is 0 Å². The fraction of sp³-hybridized carbons (Fsp3) is 0.800. The van der Waals surface area contributed by atoms with E-state index in [0.29, 0.717) is 11.5 Å². The minimum absolute atomic E-state index is 0.361. The zero-order valence-electron chi connectivity index (χ0n) is 8.47. The van der Waals surface area contributed by atoms with Crippen LogP contribution in [-0.2, 0) is 9.84 Å². The molecular weight excluding hydrogens is 184 g/mol. The van der Waals surface area contributed by atoms with Crippen LogP contribution in [0.5, 0.6) is 0 Å². The van der Waals surface area contributed by atoms with E-state index in [1.807, 2.05) is 0 Å². The Hall–Kier alpha value is -0.310. The maximum Gasteiger partial charge on any atom is 0.150 e. The molecule has 0 aromatic carbocycles. The number of rotatable bonds is 2. The van der Waals surface area contributed by atoms with Crippen LogP contribution in [0, 0.1) is 0 Å². The first-order valence-electron chi connectivity index (χ1n) is 4.99. The van der Waals surface area contributed by atoms with Crippen molar-refractivity contribution in [3.63, 3.8) is 0 Å². The van der Waals surface area contributed by atoms with E-state index in [2.05, 4.69) is 13.8 Å². The third kappa shape index (κ3) is 2.83. The molecular formula is C10H18O2S. The molecule has 0 saturated carbocycles. The molecule has 1 heterocycles. The maximum atomic E-state index is 11.4. The number of allylic oxidation sites excluding steroid dienone is 2. The van der Waals surface area contributed by atoms with Gasteiger partial charge in [-0.15, -0.1) is 0 Å². The van der Waals surface area contributed by atoms with E-state index in [0.717, 1.165) is 25.7 Å². The smallest absolute Gasteiger partial charge is 0.150 e. The molecule has 0 aromatic rings. The van der Waals surface area contributed by atoms with Crippen LogP contribution in [0.15, 0.2) is 11.1 Å². The van der Waals surface area contributed by atoms with Crippen molar-refractivity contribution in [3.8, 4) is 0 Å². The van der Waals surface area contributed by atoms with Gasteiger partial charge in [0.15, 0.2) is 9.84 Å². The molecule has 0 N–H and O–H groups in total. The van der Waals surface area contributed by atoms with Crippen LogP contribution in [0.3, 0.4) is 0 Å². The lowest BCUT2D eigenvalue weighted by Gasteiger charge is -2.06. The first-order chi connectivity index (χ1) is 6.09. The van der Waals surface area contributed by atoms with Gasteiger partial charge in [0.25, 0.3) is 0 Å². The molecule has 76 valence electrons. The van der Waals surface area contributed by atoms with Gasteiger partial charge in [-0.25, -0.2) is 8.42 Å². The lowest BCUT2D eigenvalue weighted by molar-refractivity contribution is 0.595. The first kappa shape index (κ1) is 10.8. The van der Waals surface area contributed by atoms with Crippen molar-refractivity contribution in [1.82, 2.24) is 0 Å². The van der Waals surface area contributed by atoms with Crippen LogP contribution in [0.2, 0.25) is 0 Å². The van der Waals surface area contributed by atoms with Gasteiger partial charge < -0.3 is 0 Å². The number of sulfone groups is 1. The molecule has 0 saturated heterocycles. The zero-order chi connectivity index (χ0) is 9.90. The minimum atomic E-state index is -2.75. The average Bonchev–Trinajstić information content (AvgIpc) is 2.23. The molecule has 0 aliphatic carbocycles. The minimum Gasteiger partial charge on any atom is -0.229 e. The summed E-state index contributed by atoms with van der Waals surface area (Å²) in [5.41, 5.74) is 2.76. The summed E-state index contributed by atoms with van der Waals surface area (Å²) in [5.74, 6) is 0.722. The summed E-state index contributed by atoms with van der Waals surface area (Å²) in [6, 6.07) is 0. The third-order valence-corrected chi connectivity index (χ3v) is 4.44. The second-order valence-electron chi connectivity index (χ2n) is 3.57. The fourth-order valence-electron chi connectivity index (χ4n) is 1.87. The first-order valence-corrected chi connectivity index (χ1v) is 6.81. The normalized spacial score (nSPS) is 22.9. The summed E-state index contributed by atoms with van der Waals surface area (Å²) in [6.07, 6.45) is 3.56. The molecule has 13 heavy (non-hydrogen) atoms. The van der Waals surface area contributed by atoms with Crippen molar-refractivity contribution in [2.75, 3.05) is 11.5 Å². The standard InChI is InChI=1S/C10H18O2S/c1-3-9-5-7-13(11,12)8-6-10(9)4-2/h3-8H2,1-2H3. The summed E-state index contributed by atoms with van der Waals surface area (Å²) in [6.45, 7) is 4.23. The molecule has 1 aliphatic heterocycles. The zero-order valence-corrected chi connectivity index (χ0v) is 9.28. The van der Waals surface area contributed by atoms with E-state index in [1.54, 1.807) is 0 Å². The van der Waals surface area contributed by atoms with Crippen molar-refractivity contribution in [2.45, 2.75) is 39.5 Å². The molecule has 1 aliphatic rings. The van der Waals surface area contributed by atoms with Crippen LogP contribution in [0.25, 0.3) is 0 Å². The SMILES string of the molecule is CCC1=C(CC)CCS(=O)(=O)CC1. The molecule has 2 nitrogen and oxygen atoms in total. The molecule has 0 atom stereocenters. The van der Waals surface area contributed by atoms with E-state index in [9.17, 15) is 8.42 Å². The maximum absolute atomic E-state index is 11.4. The van der Waals surface area contributed by atoms with Crippen LogP contribution in [0.1, 0.15) is 39.5 Å². The molecule has 0 bridgehead atoms. The largest absolute Gasteiger partial charge is 0.229 e. The summed E-state index contributed by atoms with van der Waals surface area (Å²) in [4.78, 5) is 0. The highest BCUT2D eigenvalue weighted by atomic mass is 32.2. The van der Waals surface area contributed by atoms with Gasteiger partial charge in [0.05, 0.1) is 11.5 Å². The lowest BCUT2D eigenvalue weighted by atomic mass is 9.99. The van der Waals surface area contributed by atoms with E-state index in [1.165, 1.54) is 11.1 Å². The Morgan fingerprint density at radius 2 is 1.38 bits per heavy atom. The van der Waals surface area contributed by atoms with Gasteiger partial charge in [-0.05, 0) is 25.7 Å². The summed E-state index contributed by atoms with van der Waals surface area (Å²) in [5, 5.41) is 0. The van der Waals surface area contributed by atoms with Gasteiger partial charge >= 0.3 is 0 Å². The van der Waals surface area contributed by atoms with Crippen LogP contribution in [0.4, 0.5) is 0 Å². The Morgan fingerprint density at radius 1 is 1.00 bits per heavy atom. The highest BCUT2D eigenvalue weighted by Gasteiger charge is 2.18. The van der Waals surface area contributed by atoms with Crippen molar-refractivity contribution in [3.05, 3.63) is 11.1 Å². The average molecular weight is 202 g/mol. The highest BCUT2D eigenvalue weighted by Crippen LogP contribution is 2.24.